The van der Waals surface area contributed by atoms with Gasteiger partial charge in [0.1, 0.15) is 5.75 Å². The van der Waals surface area contributed by atoms with Crippen molar-refractivity contribution in [1.29, 1.82) is 0 Å². The number of hydrogen-bond donors (Lipinski definition) is 2. The first-order valence-electron chi connectivity index (χ1n) is 11.4. The zero-order valence-corrected chi connectivity index (χ0v) is 21.1. The molecule has 4 aromatic carbocycles. The SMILES string of the molecule is Cc1ccc(C(=O)Oc2ccc3ccccc3c2/C=N\NC(=O)CNS(=O)(=O)c2ccc(C)cc2)cc1. The summed E-state index contributed by atoms with van der Waals surface area (Å²) in [5, 5.41) is 5.62. The van der Waals surface area contributed by atoms with Gasteiger partial charge >= 0.3 is 5.97 Å². The monoisotopic (exact) mass is 515 g/mol. The number of hydrogen-bond acceptors (Lipinski definition) is 6. The van der Waals surface area contributed by atoms with Gasteiger partial charge in [-0.25, -0.2) is 23.4 Å². The van der Waals surface area contributed by atoms with Gasteiger partial charge in [-0.1, -0.05) is 65.7 Å². The number of rotatable bonds is 8. The Labute approximate surface area is 215 Å². The van der Waals surface area contributed by atoms with Gasteiger partial charge in [-0.3, -0.25) is 4.79 Å². The standard InChI is InChI=1S/C28H25N3O5S/c1-19-7-11-22(12-8-19)28(33)36-26-16-13-21-5-3-4-6-24(21)25(26)17-29-31-27(32)18-30-37(34,35)23-14-9-20(2)10-15-23/h3-17,30H,18H2,1-2H3,(H,31,32)/b29-17-. The lowest BCUT2D eigenvalue weighted by atomic mass is 10.0. The summed E-state index contributed by atoms with van der Waals surface area (Å²) in [7, 11) is -3.85. The first-order chi connectivity index (χ1) is 17.7. The quantitative estimate of drug-likeness (QED) is 0.159. The van der Waals surface area contributed by atoms with Crippen LogP contribution in [0.1, 0.15) is 27.0 Å². The van der Waals surface area contributed by atoms with Crippen LogP contribution in [-0.2, 0) is 14.8 Å². The molecule has 0 heterocycles. The second kappa shape index (κ2) is 11.2. The van der Waals surface area contributed by atoms with Crippen LogP contribution in [0.15, 0.2) is 94.9 Å². The van der Waals surface area contributed by atoms with Gasteiger partial charge < -0.3 is 4.74 Å². The van der Waals surface area contributed by atoms with Crippen molar-refractivity contribution in [2.45, 2.75) is 18.7 Å². The Kier molecular flexibility index (Phi) is 7.76. The van der Waals surface area contributed by atoms with Crippen LogP contribution >= 0.6 is 0 Å². The van der Waals surface area contributed by atoms with Crippen molar-refractivity contribution in [2.24, 2.45) is 5.10 Å². The summed E-state index contributed by atoms with van der Waals surface area (Å²) in [6.45, 7) is 3.27. The van der Waals surface area contributed by atoms with E-state index in [1.807, 2.05) is 56.3 Å². The summed E-state index contributed by atoms with van der Waals surface area (Å²) in [6.07, 6.45) is 1.37. The Morgan fingerprint density at radius 2 is 1.51 bits per heavy atom. The number of esters is 1. The van der Waals surface area contributed by atoms with Crippen LogP contribution in [0.3, 0.4) is 0 Å². The minimum Gasteiger partial charge on any atom is -0.422 e. The molecule has 0 aliphatic rings. The Morgan fingerprint density at radius 1 is 0.865 bits per heavy atom. The first kappa shape index (κ1) is 25.7. The number of benzene rings is 4. The van der Waals surface area contributed by atoms with Crippen molar-refractivity contribution in [2.75, 3.05) is 6.54 Å². The maximum atomic E-state index is 12.7. The molecule has 2 N–H and O–H groups in total. The average Bonchev–Trinajstić information content (AvgIpc) is 2.89. The normalized spacial score (nSPS) is 11.5. The minimum absolute atomic E-state index is 0.0604. The fraction of sp³-hybridized carbons (Fsp3) is 0.107. The van der Waals surface area contributed by atoms with Gasteiger partial charge in [0, 0.05) is 5.56 Å². The molecule has 0 radical (unpaired) electrons. The lowest BCUT2D eigenvalue weighted by molar-refractivity contribution is -0.119. The highest BCUT2D eigenvalue weighted by Crippen LogP contribution is 2.27. The molecule has 4 rings (SSSR count). The van der Waals surface area contributed by atoms with Crippen molar-refractivity contribution in [1.82, 2.24) is 10.1 Å². The molecule has 0 atom stereocenters. The van der Waals surface area contributed by atoms with Gasteiger partial charge in [0.2, 0.25) is 10.0 Å². The Morgan fingerprint density at radius 3 is 2.22 bits per heavy atom. The number of nitrogens with one attached hydrogen (secondary N) is 2. The van der Waals surface area contributed by atoms with Crippen molar-refractivity contribution in [3.05, 3.63) is 107 Å². The average molecular weight is 516 g/mol. The number of aryl methyl sites for hydroxylation is 2. The van der Waals surface area contributed by atoms with Crippen LogP contribution in [0.2, 0.25) is 0 Å². The molecule has 0 aromatic heterocycles. The van der Waals surface area contributed by atoms with Gasteiger partial charge in [-0.15, -0.1) is 0 Å². The van der Waals surface area contributed by atoms with Crippen LogP contribution in [-0.4, -0.2) is 33.1 Å². The van der Waals surface area contributed by atoms with E-state index in [0.717, 1.165) is 21.9 Å². The Hall–Kier alpha value is -4.34. The van der Waals surface area contributed by atoms with E-state index in [-0.39, 0.29) is 10.6 Å². The molecule has 9 heteroatoms. The summed E-state index contributed by atoms with van der Waals surface area (Å²) in [5.74, 6) is -0.924. The Balaban J connectivity index is 1.48. The van der Waals surface area contributed by atoms with E-state index in [9.17, 15) is 18.0 Å². The predicted octanol–water partition coefficient (Wildman–Crippen LogP) is 4.10. The lowest BCUT2D eigenvalue weighted by Crippen LogP contribution is -2.34. The van der Waals surface area contributed by atoms with Crippen LogP contribution in [0.4, 0.5) is 0 Å². The van der Waals surface area contributed by atoms with E-state index in [4.69, 9.17) is 4.74 Å². The van der Waals surface area contributed by atoms with E-state index in [0.29, 0.717) is 11.1 Å². The fourth-order valence-corrected chi connectivity index (χ4v) is 4.50. The zero-order chi connectivity index (χ0) is 26.4. The van der Waals surface area contributed by atoms with E-state index < -0.39 is 28.4 Å². The number of sulfonamides is 1. The third-order valence-electron chi connectivity index (χ3n) is 5.56. The van der Waals surface area contributed by atoms with Gasteiger partial charge in [0.05, 0.1) is 23.2 Å². The fourth-order valence-electron chi connectivity index (χ4n) is 3.52. The van der Waals surface area contributed by atoms with Gasteiger partial charge in [-0.05, 0) is 55.0 Å². The third-order valence-corrected chi connectivity index (χ3v) is 6.97. The number of nitrogens with zero attached hydrogens (tertiary/aromatic N) is 1. The highest BCUT2D eigenvalue weighted by molar-refractivity contribution is 7.89. The number of carbonyl (C=O) groups is 2. The summed E-state index contributed by atoms with van der Waals surface area (Å²) in [5.41, 5.74) is 5.13. The molecule has 0 saturated carbocycles. The van der Waals surface area contributed by atoms with E-state index in [2.05, 4.69) is 15.2 Å². The van der Waals surface area contributed by atoms with Gasteiger partial charge in [0.25, 0.3) is 5.91 Å². The molecule has 0 unspecified atom stereocenters. The van der Waals surface area contributed by atoms with Crippen molar-refractivity contribution >= 4 is 38.9 Å². The number of hydrazone groups is 1. The summed E-state index contributed by atoms with van der Waals surface area (Å²) in [4.78, 5) is 25.0. The molecule has 0 aliphatic carbocycles. The Bertz CT molecular complexity index is 1580. The van der Waals surface area contributed by atoms with Crippen LogP contribution < -0.4 is 14.9 Å². The van der Waals surface area contributed by atoms with Gasteiger partial charge in [-0.2, -0.15) is 5.10 Å². The summed E-state index contributed by atoms with van der Waals surface area (Å²) in [6, 6.07) is 24.2. The van der Waals surface area contributed by atoms with E-state index in [1.54, 1.807) is 30.3 Å². The number of fused-ring (bicyclic) bond motifs is 1. The van der Waals surface area contributed by atoms with E-state index >= 15 is 0 Å². The topological polar surface area (TPSA) is 114 Å². The molecule has 1 amide bonds. The molecule has 0 bridgehead atoms. The molecule has 188 valence electrons. The van der Waals surface area contributed by atoms with Crippen LogP contribution in [0.25, 0.3) is 10.8 Å². The third kappa shape index (κ3) is 6.46. The molecule has 0 aliphatic heterocycles. The van der Waals surface area contributed by atoms with Crippen LogP contribution in [0, 0.1) is 13.8 Å². The second-order valence-electron chi connectivity index (χ2n) is 8.38. The smallest absolute Gasteiger partial charge is 0.343 e. The molecule has 37 heavy (non-hydrogen) atoms. The molecule has 0 fully saturated rings. The number of ether oxygens (including phenoxy) is 1. The molecule has 4 aromatic rings. The van der Waals surface area contributed by atoms with Crippen LogP contribution in [0.5, 0.6) is 5.75 Å². The predicted molar refractivity (Wildman–Crippen MR) is 142 cm³/mol. The number of amides is 1. The highest BCUT2D eigenvalue weighted by Gasteiger charge is 2.16. The van der Waals surface area contributed by atoms with Gasteiger partial charge in [0.15, 0.2) is 0 Å². The van der Waals surface area contributed by atoms with Crippen molar-refractivity contribution in [3.63, 3.8) is 0 Å². The zero-order valence-electron chi connectivity index (χ0n) is 20.3. The first-order valence-corrected chi connectivity index (χ1v) is 12.9. The number of carbonyl (C=O) groups excluding carboxylic acids is 2. The molecular formula is C28H25N3O5S. The largest absolute Gasteiger partial charge is 0.422 e. The molecule has 8 nitrogen and oxygen atoms in total. The molecular weight excluding hydrogens is 490 g/mol. The maximum absolute atomic E-state index is 12.7. The molecule has 0 spiro atoms. The summed E-state index contributed by atoms with van der Waals surface area (Å²) < 4.78 is 32.7. The second-order valence-corrected chi connectivity index (χ2v) is 10.2. The van der Waals surface area contributed by atoms with Crippen molar-refractivity contribution in [3.8, 4) is 5.75 Å². The summed E-state index contributed by atoms with van der Waals surface area (Å²) >= 11 is 0. The van der Waals surface area contributed by atoms with E-state index in [1.165, 1.54) is 18.3 Å². The molecule has 0 saturated heterocycles. The highest BCUT2D eigenvalue weighted by atomic mass is 32.2. The lowest BCUT2D eigenvalue weighted by Gasteiger charge is -2.11. The maximum Gasteiger partial charge on any atom is 0.343 e. The van der Waals surface area contributed by atoms with Crippen molar-refractivity contribution < 1.29 is 22.7 Å². The minimum atomic E-state index is -3.85.